The van der Waals surface area contributed by atoms with Gasteiger partial charge in [-0.25, -0.2) is 9.97 Å². The van der Waals surface area contributed by atoms with Crippen LogP contribution in [-0.4, -0.2) is 21.9 Å². The predicted octanol–water partition coefficient (Wildman–Crippen LogP) is 3.61. The van der Waals surface area contributed by atoms with Crippen LogP contribution >= 0.6 is 23.2 Å². The first kappa shape index (κ1) is 14.1. The Bertz CT molecular complexity index is 668. The van der Waals surface area contributed by atoms with Crippen molar-refractivity contribution in [3.63, 3.8) is 0 Å². The topological polar surface area (TPSA) is 66.9 Å². The number of carbonyl (C=O) groups excluding carboxylic acids is 1. The minimum absolute atomic E-state index is 0.282. The zero-order chi connectivity index (χ0) is 14.8. The van der Waals surface area contributed by atoms with E-state index in [1.54, 1.807) is 24.3 Å². The summed E-state index contributed by atoms with van der Waals surface area (Å²) in [7, 11) is 0. The number of halogens is 2. The summed E-state index contributed by atoms with van der Waals surface area (Å²) in [5.41, 5.74) is 0.803. The number of aromatic nitrogens is 2. The van der Waals surface area contributed by atoms with Crippen LogP contribution in [0.25, 0.3) is 0 Å². The third-order valence-corrected chi connectivity index (χ3v) is 3.39. The summed E-state index contributed by atoms with van der Waals surface area (Å²) in [6.07, 6.45) is 3.63. The lowest BCUT2D eigenvalue weighted by Crippen LogP contribution is -2.15. The van der Waals surface area contributed by atoms with Crippen molar-refractivity contribution < 1.29 is 4.79 Å². The van der Waals surface area contributed by atoms with Crippen LogP contribution in [0.4, 0.5) is 11.5 Å². The Balaban J connectivity index is 1.74. The summed E-state index contributed by atoms with van der Waals surface area (Å²) in [6.45, 7) is 0. The number of anilines is 2. The maximum atomic E-state index is 12.2. The number of nitrogens with one attached hydrogen (secondary N) is 2. The highest BCUT2D eigenvalue weighted by Crippen LogP contribution is 2.24. The quantitative estimate of drug-likeness (QED) is 0.902. The fourth-order valence-electron chi connectivity index (χ4n) is 1.82. The SMILES string of the molecule is O=C(Nc1cc(Cl)cc(Cl)c1)c1cc(NC2CC2)ncn1. The maximum Gasteiger partial charge on any atom is 0.274 e. The van der Waals surface area contributed by atoms with Crippen LogP contribution in [0.3, 0.4) is 0 Å². The van der Waals surface area contributed by atoms with Crippen LogP contribution in [-0.2, 0) is 0 Å². The van der Waals surface area contributed by atoms with E-state index in [4.69, 9.17) is 23.2 Å². The van der Waals surface area contributed by atoms with Gasteiger partial charge in [0.15, 0.2) is 0 Å². The molecule has 1 fully saturated rings. The molecule has 1 aliphatic rings. The average molecular weight is 323 g/mol. The minimum atomic E-state index is -0.338. The molecule has 2 N–H and O–H groups in total. The zero-order valence-electron chi connectivity index (χ0n) is 10.9. The summed E-state index contributed by atoms with van der Waals surface area (Å²) in [5, 5.41) is 6.84. The molecule has 2 aromatic rings. The Morgan fingerprint density at radius 2 is 1.81 bits per heavy atom. The van der Waals surface area contributed by atoms with Gasteiger partial charge in [0, 0.05) is 27.8 Å². The Labute approximate surface area is 131 Å². The van der Waals surface area contributed by atoms with E-state index in [-0.39, 0.29) is 11.6 Å². The summed E-state index contributed by atoms with van der Waals surface area (Å²) in [5.74, 6) is 0.316. The van der Waals surface area contributed by atoms with Gasteiger partial charge in [0.2, 0.25) is 0 Å². The van der Waals surface area contributed by atoms with Crippen LogP contribution in [0, 0.1) is 0 Å². The molecule has 1 saturated carbocycles. The number of rotatable bonds is 4. The second kappa shape index (κ2) is 5.87. The Kier molecular flexibility index (Phi) is 3.94. The maximum absolute atomic E-state index is 12.2. The molecule has 1 heterocycles. The molecule has 0 bridgehead atoms. The molecule has 21 heavy (non-hydrogen) atoms. The van der Waals surface area contributed by atoms with Crippen LogP contribution in [0.5, 0.6) is 0 Å². The molecule has 1 aliphatic carbocycles. The second-order valence-corrected chi connectivity index (χ2v) is 5.69. The van der Waals surface area contributed by atoms with Gasteiger partial charge in [0.25, 0.3) is 5.91 Å². The van der Waals surface area contributed by atoms with Gasteiger partial charge < -0.3 is 10.6 Å². The zero-order valence-corrected chi connectivity index (χ0v) is 12.4. The van der Waals surface area contributed by atoms with Crippen molar-refractivity contribution in [3.8, 4) is 0 Å². The van der Waals surface area contributed by atoms with Crippen molar-refractivity contribution in [3.05, 3.63) is 46.3 Å². The monoisotopic (exact) mass is 322 g/mol. The normalized spacial score (nSPS) is 13.8. The number of benzene rings is 1. The van der Waals surface area contributed by atoms with E-state index < -0.39 is 0 Å². The minimum Gasteiger partial charge on any atom is -0.367 e. The van der Waals surface area contributed by atoms with Crippen LogP contribution in [0.2, 0.25) is 10.0 Å². The Morgan fingerprint density at radius 1 is 1.10 bits per heavy atom. The molecule has 0 aliphatic heterocycles. The number of hydrogen-bond donors (Lipinski definition) is 2. The van der Waals surface area contributed by atoms with E-state index in [1.807, 2.05) is 0 Å². The number of carbonyl (C=O) groups is 1. The molecule has 0 saturated heterocycles. The molecule has 108 valence electrons. The highest BCUT2D eigenvalue weighted by atomic mass is 35.5. The van der Waals surface area contributed by atoms with Crippen molar-refractivity contribution in [1.82, 2.24) is 9.97 Å². The van der Waals surface area contributed by atoms with Gasteiger partial charge in [0.05, 0.1) is 0 Å². The van der Waals surface area contributed by atoms with Gasteiger partial charge in [-0.15, -0.1) is 0 Å². The summed E-state index contributed by atoms with van der Waals surface area (Å²) in [4.78, 5) is 20.2. The Hall–Kier alpha value is -1.85. The fourth-order valence-corrected chi connectivity index (χ4v) is 2.34. The van der Waals surface area contributed by atoms with Gasteiger partial charge in [-0.1, -0.05) is 23.2 Å². The van der Waals surface area contributed by atoms with Crippen molar-refractivity contribution in [1.29, 1.82) is 0 Å². The van der Waals surface area contributed by atoms with Crippen LogP contribution in [0.15, 0.2) is 30.6 Å². The predicted molar refractivity (Wildman–Crippen MR) is 83.1 cm³/mol. The average Bonchev–Trinajstić information content (AvgIpc) is 3.21. The highest BCUT2D eigenvalue weighted by molar-refractivity contribution is 6.35. The lowest BCUT2D eigenvalue weighted by atomic mass is 10.3. The third-order valence-electron chi connectivity index (χ3n) is 2.95. The molecular weight excluding hydrogens is 311 g/mol. The Morgan fingerprint density at radius 3 is 2.48 bits per heavy atom. The standard InChI is InChI=1S/C14H12Cl2N4O/c15-8-3-9(16)5-11(4-8)20-14(21)12-6-13(18-7-17-12)19-10-1-2-10/h3-7,10H,1-2H2,(H,20,21)(H,17,18,19). The van der Waals surface area contributed by atoms with Crippen molar-refractivity contribution in [2.45, 2.75) is 18.9 Å². The van der Waals surface area contributed by atoms with Gasteiger partial charge in [0.1, 0.15) is 17.8 Å². The van der Waals surface area contributed by atoms with Crippen molar-refractivity contribution in [2.75, 3.05) is 10.6 Å². The van der Waals surface area contributed by atoms with Crippen molar-refractivity contribution >= 4 is 40.6 Å². The number of amides is 1. The second-order valence-electron chi connectivity index (χ2n) is 4.82. The van der Waals surface area contributed by atoms with Crippen molar-refractivity contribution in [2.24, 2.45) is 0 Å². The first-order valence-corrected chi connectivity index (χ1v) is 7.22. The van der Waals surface area contributed by atoms with E-state index in [9.17, 15) is 4.79 Å². The summed E-state index contributed by atoms with van der Waals surface area (Å²) >= 11 is 11.8. The molecule has 0 unspecified atom stereocenters. The highest BCUT2D eigenvalue weighted by Gasteiger charge is 2.21. The molecular formula is C14H12Cl2N4O. The largest absolute Gasteiger partial charge is 0.367 e. The van der Waals surface area contributed by atoms with Gasteiger partial charge >= 0.3 is 0 Å². The van der Waals surface area contributed by atoms with E-state index in [0.717, 1.165) is 12.8 Å². The van der Waals surface area contributed by atoms with E-state index >= 15 is 0 Å². The summed E-state index contributed by atoms with van der Waals surface area (Å²) < 4.78 is 0. The fraction of sp³-hybridized carbons (Fsp3) is 0.214. The first-order chi connectivity index (χ1) is 10.1. The van der Waals surface area contributed by atoms with Crippen LogP contribution < -0.4 is 10.6 Å². The molecule has 3 rings (SSSR count). The van der Waals surface area contributed by atoms with Gasteiger partial charge in [-0.05, 0) is 31.0 Å². The third kappa shape index (κ3) is 3.83. The molecule has 1 aromatic heterocycles. The number of nitrogens with zero attached hydrogens (tertiary/aromatic N) is 2. The van der Waals surface area contributed by atoms with E-state index in [0.29, 0.717) is 27.6 Å². The lowest BCUT2D eigenvalue weighted by Gasteiger charge is -2.07. The number of hydrogen-bond acceptors (Lipinski definition) is 4. The summed E-state index contributed by atoms with van der Waals surface area (Å²) in [6, 6.07) is 6.93. The smallest absolute Gasteiger partial charge is 0.274 e. The molecule has 5 nitrogen and oxygen atoms in total. The molecule has 1 aromatic carbocycles. The first-order valence-electron chi connectivity index (χ1n) is 6.46. The van der Waals surface area contributed by atoms with Gasteiger partial charge in [-0.2, -0.15) is 0 Å². The molecule has 0 radical (unpaired) electrons. The van der Waals surface area contributed by atoms with Gasteiger partial charge in [-0.3, -0.25) is 4.79 Å². The lowest BCUT2D eigenvalue weighted by molar-refractivity contribution is 0.102. The molecule has 1 amide bonds. The van der Waals surface area contributed by atoms with Crippen LogP contribution in [0.1, 0.15) is 23.3 Å². The van der Waals surface area contributed by atoms with E-state index in [1.165, 1.54) is 6.33 Å². The molecule has 7 heteroatoms. The van der Waals surface area contributed by atoms with E-state index in [2.05, 4.69) is 20.6 Å². The molecule has 0 spiro atoms. The molecule has 0 atom stereocenters.